The van der Waals surface area contributed by atoms with Gasteiger partial charge in [-0.05, 0) is 35.9 Å². The monoisotopic (exact) mass is 391 g/mol. The number of carbonyl (C=O) groups is 1. The van der Waals surface area contributed by atoms with Crippen molar-refractivity contribution >= 4 is 40.9 Å². The minimum Gasteiger partial charge on any atom is -0.493 e. The summed E-state index contributed by atoms with van der Waals surface area (Å²) in [6.07, 6.45) is 4.40. The molecule has 0 fully saturated rings. The first-order chi connectivity index (χ1) is 12.5. The van der Waals surface area contributed by atoms with Crippen molar-refractivity contribution in [3.05, 3.63) is 66.4 Å². The van der Waals surface area contributed by atoms with E-state index in [2.05, 4.69) is 4.98 Å². The van der Waals surface area contributed by atoms with Crippen LogP contribution in [-0.4, -0.2) is 25.0 Å². The van der Waals surface area contributed by atoms with E-state index in [1.54, 1.807) is 30.3 Å². The lowest BCUT2D eigenvalue weighted by atomic mass is 10.2. The predicted octanol–water partition coefficient (Wildman–Crippen LogP) is 2.19. The summed E-state index contributed by atoms with van der Waals surface area (Å²) in [4.78, 5) is 26.8. The average Bonchev–Trinajstić information content (AvgIpc) is 3.25. The van der Waals surface area contributed by atoms with Gasteiger partial charge >= 0.3 is 0 Å². The number of ketones is 1. The summed E-state index contributed by atoms with van der Waals surface area (Å²) in [6.45, 7) is 0. The van der Waals surface area contributed by atoms with Gasteiger partial charge in [-0.25, -0.2) is 0 Å². The molecule has 26 heavy (non-hydrogen) atoms. The first kappa shape index (κ1) is 18.0. The first-order valence-corrected chi connectivity index (χ1v) is 8.63. The fourth-order valence-corrected chi connectivity index (χ4v) is 3.49. The van der Waals surface area contributed by atoms with Gasteiger partial charge in [0.05, 0.1) is 34.7 Å². The Labute approximate surface area is 156 Å². The Bertz CT molecular complexity index is 1110. The van der Waals surface area contributed by atoms with Gasteiger partial charge in [0.15, 0.2) is 17.3 Å². The number of aromatic nitrogens is 1. The van der Waals surface area contributed by atoms with Crippen LogP contribution in [0.5, 0.6) is 11.5 Å². The van der Waals surface area contributed by atoms with Crippen molar-refractivity contribution < 1.29 is 18.7 Å². The topological polar surface area (TPSA) is 81.5 Å². The summed E-state index contributed by atoms with van der Waals surface area (Å²) >= 11 is 7.33. The summed E-state index contributed by atoms with van der Waals surface area (Å²) in [5.41, 5.74) is 0.364. The summed E-state index contributed by atoms with van der Waals surface area (Å²) in [6, 6.07) is 6.56. The van der Waals surface area contributed by atoms with E-state index in [1.807, 2.05) is 0 Å². The fraction of sp³-hybridized carbons (Fsp3) is 0.111. The number of thiazole rings is 1. The number of Topliss-reactive ketones (excluding diaryl/α,β-unsaturated/α-hetero) is 1. The van der Waals surface area contributed by atoms with E-state index < -0.39 is 0 Å². The lowest BCUT2D eigenvalue weighted by molar-refractivity contribution is 0.103. The van der Waals surface area contributed by atoms with Gasteiger partial charge in [-0.15, -0.1) is 11.3 Å². The third-order valence-corrected chi connectivity index (χ3v) is 4.70. The van der Waals surface area contributed by atoms with Gasteiger partial charge in [0.25, 0.3) is 5.56 Å². The smallest absolute Gasteiger partial charge is 0.266 e. The summed E-state index contributed by atoms with van der Waals surface area (Å²) in [5.74, 6) is 0.758. The van der Waals surface area contributed by atoms with Crippen molar-refractivity contribution in [3.63, 3.8) is 0 Å². The first-order valence-electron chi connectivity index (χ1n) is 7.43. The number of benzene rings is 1. The number of methoxy groups -OCH3 is 2. The largest absolute Gasteiger partial charge is 0.493 e. The summed E-state index contributed by atoms with van der Waals surface area (Å²) in [5, 5.41) is 0.367. The molecule has 0 aliphatic rings. The molecule has 6 nitrogen and oxygen atoms in total. The summed E-state index contributed by atoms with van der Waals surface area (Å²) < 4.78 is 16.3. The number of nitrogens with one attached hydrogen (secondary N) is 1. The lowest BCUT2D eigenvalue weighted by Crippen LogP contribution is -2.20. The Balaban J connectivity index is 2.03. The highest BCUT2D eigenvalue weighted by atomic mass is 35.5. The average molecular weight is 392 g/mol. The standard InChI is InChI=1S/C18H14ClNO5S/c1-23-14-7-10(6-11(19)17(14)24-2)8-15-18(22)20-16(26-15)9-12(21)13-4-3-5-25-13/h3-9H,1-2H3,(H,20,22)/b15-8-,16-9-. The molecule has 134 valence electrons. The molecular weight excluding hydrogens is 378 g/mol. The fourth-order valence-electron chi connectivity index (χ4n) is 2.31. The molecule has 3 aromatic rings. The van der Waals surface area contributed by atoms with E-state index in [0.29, 0.717) is 31.3 Å². The van der Waals surface area contributed by atoms with E-state index >= 15 is 0 Å². The molecule has 0 aliphatic heterocycles. The molecule has 0 bridgehead atoms. The quantitative estimate of drug-likeness (QED) is 0.674. The Morgan fingerprint density at radius 3 is 2.77 bits per heavy atom. The molecular formula is C18H14ClNO5S. The molecule has 1 N–H and O–H groups in total. The molecule has 0 aliphatic carbocycles. The molecule has 0 atom stereocenters. The maximum Gasteiger partial charge on any atom is 0.266 e. The van der Waals surface area contributed by atoms with Crippen LogP contribution in [0.3, 0.4) is 0 Å². The second kappa shape index (κ2) is 7.63. The van der Waals surface area contributed by atoms with Crippen LogP contribution in [0, 0.1) is 0 Å². The molecule has 2 aromatic heterocycles. The van der Waals surface area contributed by atoms with Crippen LogP contribution in [0.1, 0.15) is 16.1 Å². The van der Waals surface area contributed by atoms with Crippen LogP contribution >= 0.6 is 22.9 Å². The maximum atomic E-state index is 12.2. The molecule has 0 amide bonds. The van der Waals surface area contributed by atoms with Crippen LogP contribution in [0.2, 0.25) is 5.02 Å². The molecule has 0 saturated heterocycles. The van der Waals surface area contributed by atoms with Gasteiger partial charge in [-0.1, -0.05) is 11.6 Å². The predicted molar refractivity (Wildman–Crippen MR) is 99.8 cm³/mol. The molecule has 0 saturated carbocycles. The highest BCUT2D eigenvalue weighted by Gasteiger charge is 2.10. The molecule has 1 aromatic carbocycles. The van der Waals surface area contributed by atoms with Crippen LogP contribution in [-0.2, 0) is 0 Å². The highest BCUT2D eigenvalue weighted by molar-refractivity contribution is 7.07. The zero-order valence-corrected chi connectivity index (χ0v) is 15.4. The number of furan rings is 1. The van der Waals surface area contributed by atoms with E-state index in [4.69, 9.17) is 25.5 Å². The zero-order valence-electron chi connectivity index (χ0n) is 13.9. The Morgan fingerprint density at radius 1 is 1.31 bits per heavy atom. The molecule has 0 spiro atoms. The maximum absolute atomic E-state index is 12.2. The molecule has 8 heteroatoms. The third-order valence-electron chi connectivity index (χ3n) is 3.46. The lowest BCUT2D eigenvalue weighted by Gasteiger charge is -2.09. The van der Waals surface area contributed by atoms with Gasteiger partial charge < -0.3 is 18.9 Å². The van der Waals surface area contributed by atoms with Crippen molar-refractivity contribution in [1.29, 1.82) is 0 Å². The number of hydrogen-bond donors (Lipinski definition) is 1. The Kier molecular flexibility index (Phi) is 5.29. The van der Waals surface area contributed by atoms with Crippen LogP contribution in [0.15, 0.2) is 39.7 Å². The van der Waals surface area contributed by atoms with Crippen LogP contribution in [0.25, 0.3) is 12.2 Å². The molecule has 3 rings (SSSR count). The molecule has 2 heterocycles. The number of halogens is 1. The molecule has 0 unspecified atom stereocenters. The second-order valence-corrected chi connectivity index (χ2v) is 6.64. The van der Waals surface area contributed by atoms with Crippen molar-refractivity contribution in [2.75, 3.05) is 14.2 Å². The number of rotatable bonds is 5. The van der Waals surface area contributed by atoms with Crippen molar-refractivity contribution in [2.45, 2.75) is 0 Å². The number of hydrogen-bond acceptors (Lipinski definition) is 6. The third kappa shape index (κ3) is 3.74. The number of H-pyrrole nitrogens is 1. The van der Waals surface area contributed by atoms with Gasteiger partial charge in [0.1, 0.15) is 0 Å². The van der Waals surface area contributed by atoms with Crippen LogP contribution in [0.4, 0.5) is 0 Å². The van der Waals surface area contributed by atoms with Crippen LogP contribution < -0.4 is 24.2 Å². The van der Waals surface area contributed by atoms with Gasteiger partial charge in [0, 0.05) is 6.08 Å². The van der Waals surface area contributed by atoms with E-state index in [-0.39, 0.29) is 17.1 Å². The van der Waals surface area contributed by atoms with Crippen molar-refractivity contribution in [3.8, 4) is 11.5 Å². The number of carbonyl (C=O) groups excluding carboxylic acids is 1. The van der Waals surface area contributed by atoms with E-state index in [9.17, 15) is 9.59 Å². The highest BCUT2D eigenvalue weighted by Crippen LogP contribution is 2.36. The minimum absolute atomic E-state index is 0.205. The Hall–Kier alpha value is -2.77. The Morgan fingerprint density at radius 2 is 2.12 bits per heavy atom. The van der Waals surface area contributed by atoms with Gasteiger partial charge in [0.2, 0.25) is 5.78 Å². The molecule has 0 radical (unpaired) electrons. The minimum atomic E-state index is -0.326. The van der Waals surface area contributed by atoms with E-state index in [0.717, 1.165) is 11.3 Å². The zero-order chi connectivity index (χ0) is 18.7. The van der Waals surface area contributed by atoms with E-state index in [1.165, 1.54) is 26.6 Å². The summed E-state index contributed by atoms with van der Waals surface area (Å²) in [7, 11) is 3.00. The van der Waals surface area contributed by atoms with Gasteiger partial charge in [-0.3, -0.25) is 9.59 Å². The van der Waals surface area contributed by atoms with Gasteiger partial charge in [-0.2, -0.15) is 0 Å². The number of ether oxygens (including phenoxy) is 2. The normalized spacial score (nSPS) is 12.4. The van der Waals surface area contributed by atoms with Crippen molar-refractivity contribution in [2.24, 2.45) is 0 Å². The number of aromatic amines is 1. The second-order valence-electron chi connectivity index (χ2n) is 5.15. The van der Waals surface area contributed by atoms with Crippen molar-refractivity contribution in [1.82, 2.24) is 4.98 Å². The SMILES string of the molecule is COc1cc(/C=c2\s/c(=C\C(=O)c3ccco3)[nH]c2=O)cc(Cl)c1OC.